The maximum atomic E-state index is 12.4. The number of carbonyl (C=O) groups is 2. The van der Waals surface area contributed by atoms with Crippen LogP contribution in [0, 0.1) is 6.92 Å². The van der Waals surface area contributed by atoms with Gasteiger partial charge in [-0.1, -0.05) is 11.6 Å². The maximum Gasteiger partial charge on any atom is 0.345 e. The largest absolute Gasteiger partial charge is 0.496 e. The van der Waals surface area contributed by atoms with Gasteiger partial charge in [-0.2, -0.15) is 0 Å². The highest BCUT2D eigenvalue weighted by Crippen LogP contribution is 2.46. The van der Waals surface area contributed by atoms with Crippen LogP contribution in [0.4, 0.5) is 0 Å². The van der Waals surface area contributed by atoms with Crippen LogP contribution in [-0.2, 0) is 25.4 Å². The van der Waals surface area contributed by atoms with Crippen LogP contribution in [0.1, 0.15) is 53.1 Å². The molecule has 166 valence electrons. The molecule has 1 unspecified atom stereocenters. The fourth-order valence-electron chi connectivity index (χ4n) is 3.25. The number of aliphatic carboxylic acids is 1. The van der Waals surface area contributed by atoms with Crippen LogP contribution in [0.5, 0.6) is 11.5 Å². The Morgan fingerprint density at radius 3 is 2.57 bits per heavy atom. The second-order valence-corrected chi connectivity index (χ2v) is 6.82. The second kappa shape index (κ2) is 11.0. The van der Waals surface area contributed by atoms with Crippen molar-refractivity contribution in [3.63, 3.8) is 0 Å². The zero-order chi connectivity index (χ0) is 22.3. The first-order valence-electron chi connectivity index (χ1n) is 9.51. The average Bonchev–Trinajstić information content (AvgIpc) is 3.00. The summed E-state index contributed by atoms with van der Waals surface area (Å²) in [6, 6.07) is 0. The molecule has 1 aromatic rings. The van der Waals surface area contributed by atoms with E-state index in [2.05, 4.69) is 0 Å². The van der Waals surface area contributed by atoms with Crippen LogP contribution in [0.15, 0.2) is 11.6 Å². The summed E-state index contributed by atoms with van der Waals surface area (Å²) in [5, 5.41) is 19.0. The molecule has 1 aliphatic rings. The lowest BCUT2D eigenvalue weighted by molar-refractivity contribution is -0.136. The number of allylic oxidation sites excluding steroid dienone is 2. The molecule has 0 aromatic heterocycles. The van der Waals surface area contributed by atoms with Gasteiger partial charge < -0.3 is 33.9 Å². The van der Waals surface area contributed by atoms with Crippen LogP contribution in [0.25, 0.3) is 0 Å². The Labute approximate surface area is 175 Å². The topological polar surface area (TPSA) is 121 Å². The Kier molecular flexibility index (Phi) is 8.64. The van der Waals surface area contributed by atoms with Gasteiger partial charge in [0.2, 0.25) is 6.29 Å². The third-order valence-electron chi connectivity index (χ3n) is 4.77. The number of aliphatic hydroxyl groups excluding tert-OH is 1. The molecule has 0 spiro atoms. The Bertz CT molecular complexity index is 813. The van der Waals surface area contributed by atoms with Crippen LogP contribution >= 0.6 is 0 Å². The molecule has 1 aromatic carbocycles. The summed E-state index contributed by atoms with van der Waals surface area (Å²) in [5.74, 6) is -0.889. The number of carboxylic acids is 1. The van der Waals surface area contributed by atoms with Crippen molar-refractivity contribution in [2.75, 3.05) is 34.2 Å². The molecule has 0 fully saturated rings. The third-order valence-corrected chi connectivity index (χ3v) is 4.77. The number of rotatable bonds is 12. The summed E-state index contributed by atoms with van der Waals surface area (Å²) < 4.78 is 26.6. The van der Waals surface area contributed by atoms with E-state index in [9.17, 15) is 14.7 Å². The minimum atomic E-state index is -1.40. The van der Waals surface area contributed by atoms with Gasteiger partial charge in [-0.05, 0) is 26.7 Å². The number of methoxy groups -OCH3 is 2. The smallest absolute Gasteiger partial charge is 0.345 e. The molecule has 0 saturated heterocycles. The fourth-order valence-corrected chi connectivity index (χ4v) is 3.25. The molecule has 0 saturated carbocycles. The van der Waals surface area contributed by atoms with Gasteiger partial charge in [0.05, 0.1) is 20.3 Å². The van der Waals surface area contributed by atoms with Crippen molar-refractivity contribution in [3.05, 3.63) is 33.9 Å². The van der Waals surface area contributed by atoms with Gasteiger partial charge in [0, 0.05) is 30.2 Å². The van der Waals surface area contributed by atoms with Crippen molar-refractivity contribution >= 4 is 11.9 Å². The summed E-state index contributed by atoms with van der Waals surface area (Å²) in [4.78, 5) is 23.2. The van der Waals surface area contributed by atoms with E-state index in [4.69, 9.17) is 28.8 Å². The van der Waals surface area contributed by atoms with Gasteiger partial charge in [0.15, 0.2) is 6.79 Å². The molecule has 0 amide bonds. The lowest BCUT2D eigenvalue weighted by atomic mass is 9.94. The van der Waals surface area contributed by atoms with E-state index in [1.807, 2.05) is 13.0 Å². The lowest BCUT2D eigenvalue weighted by Crippen LogP contribution is -2.13. The van der Waals surface area contributed by atoms with E-state index in [0.29, 0.717) is 48.5 Å². The highest BCUT2D eigenvalue weighted by molar-refractivity contribution is 5.98. The molecule has 0 radical (unpaired) electrons. The minimum absolute atomic E-state index is 0.0257. The highest BCUT2D eigenvalue weighted by Gasteiger charge is 2.38. The molecule has 1 aliphatic heterocycles. The predicted molar refractivity (Wildman–Crippen MR) is 106 cm³/mol. The van der Waals surface area contributed by atoms with Gasteiger partial charge in [-0.25, -0.2) is 4.79 Å². The Balaban J connectivity index is 2.43. The van der Waals surface area contributed by atoms with Crippen LogP contribution in [-0.4, -0.2) is 56.4 Å². The van der Waals surface area contributed by atoms with Gasteiger partial charge in [-0.3, -0.25) is 4.79 Å². The van der Waals surface area contributed by atoms with Crippen molar-refractivity contribution in [2.24, 2.45) is 0 Å². The number of aliphatic hydroxyl groups is 1. The molecule has 1 heterocycles. The van der Waals surface area contributed by atoms with Crippen LogP contribution in [0.3, 0.4) is 0 Å². The minimum Gasteiger partial charge on any atom is -0.496 e. The van der Waals surface area contributed by atoms with Gasteiger partial charge in [0.1, 0.15) is 17.1 Å². The van der Waals surface area contributed by atoms with E-state index in [1.54, 1.807) is 14.0 Å². The third kappa shape index (κ3) is 5.50. The average molecular weight is 424 g/mol. The molecule has 9 nitrogen and oxygen atoms in total. The summed E-state index contributed by atoms with van der Waals surface area (Å²) in [6.07, 6.45) is 1.22. The van der Waals surface area contributed by atoms with Crippen molar-refractivity contribution < 1.29 is 43.5 Å². The molecular weight excluding hydrogens is 396 g/mol. The van der Waals surface area contributed by atoms with E-state index >= 15 is 0 Å². The van der Waals surface area contributed by atoms with Gasteiger partial charge in [-0.15, -0.1) is 0 Å². The number of hydrogen-bond acceptors (Lipinski definition) is 8. The SMILES string of the molecule is COCCOCOc1c(C/C=C(\C)CCC(=O)O)c(OC)c(C)c2c1C(=O)OC2O. The second-order valence-electron chi connectivity index (χ2n) is 6.82. The zero-order valence-electron chi connectivity index (χ0n) is 17.6. The molecule has 1 atom stereocenters. The molecule has 0 bridgehead atoms. The number of carboxylic acid groups (broad SMARTS) is 1. The van der Waals surface area contributed by atoms with Crippen molar-refractivity contribution in [2.45, 2.75) is 39.4 Å². The Hall–Kier alpha value is -2.62. The van der Waals surface area contributed by atoms with E-state index in [-0.39, 0.29) is 24.5 Å². The number of benzene rings is 1. The number of fused-ring (bicyclic) bond motifs is 1. The maximum absolute atomic E-state index is 12.4. The first-order chi connectivity index (χ1) is 14.3. The lowest BCUT2D eigenvalue weighted by Gasteiger charge is -2.20. The number of carbonyl (C=O) groups excluding carboxylic acids is 1. The Morgan fingerprint density at radius 1 is 1.20 bits per heavy atom. The molecule has 0 aliphatic carbocycles. The monoisotopic (exact) mass is 424 g/mol. The summed E-state index contributed by atoms with van der Waals surface area (Å²) in [7, 11) is 3.04. The highest BCUT2D eigenvalue weighted by atomic mass is 16.7. The number of cyclic esters (lactones) is 1. The standard InChI is InChI=1S/C21H28O9/c1-12(6-8-15(22)23)5-7-14-18(27-4)13(2)16-17(21(25)30-20(16)24)19(14)29-11-28-10-9-26-3/h5,20,24H,6-11H2,1-4H3,(H,22,23)/b12-5+. The first-order valence-corrected chi connectivity index (χ1v) is 9.51. The first kappa shape index (κ1) is 23.7. The quantitative estimate of drug-likeness (QED) is 0.226. The van der Waals surface area contributed by atoms with Crippen molar-refractivity contribution in [1.82, 2.24) is 0 Å². The normalized spacial score (nSPS) is 15.7. The van der Waals surface area contributed by atoms with Crippen molar-refractivity contribution in [1.29, 1.82) is 0 Å². The molecule has 2 rings (SSSR count). The van der Waals surface area contributed by atoms with Crippen LogP contribution in [0.2, 0.25) is 0 Å². The van der Waals surface area contributed by atoms with Gasteiger partial charge in [0.25, 0.3) is 0 Å². The van der Waals surface area contributed by atoms with E-state index in [1.165, 1.54) is 7.11 Å². The number of ether oxygens (including phenoxy) is 5. The summed E-state index contributed by atoms with van der Waals surface area (Å²) in [6.45, 7) is 4.12. The van der Waals surface area contributed by atoms with Gasteiger partial charge >= 0.3 is 11.9 Å². The molecule has 2 N–H and O–H groups in total. The Morgan fingerprint density at radius 2 is 1.93 bits per heavy atom. The summed E-state index contributed by atoms with van der Waals surface area (Å²) >= 11 is 0. The predicted octanol–water partition coefficient (Wildman–Crippen LogP) is 2.52. The number of esters is 1. The zero-order valence-corrected chi connectivity index (χ0v) is 17.6. The molecular formula is C21H28O9. The molecule has 9 heteroatoms. The summed E-state index contributed by atoms with van der Waals surface area (Å²) in [5.41, 5.74) is 2.49. The van der Waals surface area contributed by atoms with E-state index in [0.717, 1.165) is 5.57 Å². The molecule has 30 heavy (non-hydrogen) atoms. The van der Waals surface area contributed by atoms with Crippen LogP contribution < -0.4 is 9.47 Å². The van der Waals surface area contributed by atoms with Crippen molar-refractivity contribution in [3.8, 4) is 11.5 Å². The fraction of sp³-hybridized carbons (Fsp3) is 0.524. The van der Waals surface area contributed by atoms with E-state index < -0.39 is 18.2 Å². The number of hydrogen-bond donors (Lipinski definition) is 2.